The normalized spacial score (nSPS) is 11.4. The SMILES string of the molecule is c1ccc(-c2ccccc2-c2ccccc2-c2ccccc2N(c2ccc(-c3cc4ccccc4c4ccccc34)cc2)c2ccc(-n3c4ccccc4c4ccccc43)cc2)cc1. The van der Waals surface area contributed by atoms with Gasteiger partial charge in [0.2, 0.25) is 0 Å². The number of rotatable bonds is 8. The van der Waals surface area contributed by atoms with Gasteiger partial charge in [-0.25, -0.2) is 0 Å². The fourth-order valence-electron chi connectivity index (χ4n) is 9.90. The summed E-state index contributed by atoms with van der Waals surface area (Å²) < 4.78 is 2.38. The van der Waals surface area contributed by atoms with Gasteiger partial charge in [0, 0.05) is 33.4 Å². The van der Waals surface area contributed by atoms with E-state index in [1.165, 1.54) is 82.3 Å². The minimum Gasteiger partial charge on any atom is -0.310 e. The number of benzene rings is 11. The Morgan fingerprint density at radius 2 is 0.703 bits per heavy atom. The maximum atomic E-state index is 2.42. The van der Waals surface area contributed by atoms with Gasteiger partial charge in [0.1, 0.15) is 0 Å². The Labute approximate surface area is 373 Å². The Balaban J connectivity index is 1.03. The van der Waals surface area contributed by atoms with Crippen LogP contribution in [0.25, 0.3) is 93.5 Å². The third-order valence-electron chi connectivity index (χ3n) is 12.8. The van der Waals surface area contributed by atoms with Gasteiger partial charge in [-0.3, -0.25) is 0 Å². The summed E-state index contributed by atoms with van der Waals surface area (Å²) in [4.78, 5) is 2.42. The lowest BCUT2D eigenvalue weighted by atomic mass is 9.88. The summed E-state index contributed by atoms with van der Waals surface area (Å²) in [5.74, 6) is 0. The van der Waals surface area contributed by atoms with Gasteiger partial charge in [-0.15, -0.1) is 0 Å². The van der Waals surface area contributed by atoms with Crippen molar-refractivity contribution in [3.05, 3.63) is 255 Å². The highest BCUT2D eigenvalue weighted by molar-refractivity contribution is 6.14. The van der Waals surface area contributed by atoms with Crippen molar-refractivity contribution < 1.29 is 0 Å². The second-order valence-electron chi connectivity index (χ2n) is 16.4. The molecule has 0 aliphatic carbocycles. The summed E-state index contributed by atoms with van der Waals surface area (Å²) in [6.45, 7) is 0. The average Bonchev–Trinajstić information content (AvgIpc) is 3.71. The fraction of sp³-hybridized carbons (Fsp3) is 0. The van der Waals surface area contributed by atoms with Gasteiger partial charge in [0.25, 0.3) is 0 Å². The topological polar surface area (TPSA) is 8.17 Å². The Morgan fingerprint density at radius 1 is 0.266 bits per heavy atom. The van der Waals surface area contributed by atoms with Crippen molar-refractivity contribution in [2.45, 2.75) is 0 Å². The minimum atomic E-state index is 1.07. The van der Waals surface area contributed by atoms with E-state index in [0.717, 1.165) is 28.3 Å². The van der Waals surface area contributed by atoms with Crippen molar-refractivity contribution >= 4 is 60.4 Å². The van der Waals surface area contributed by atoms with Crippen molar-refractivity contribution in [1.82, 2.24) is 4.57 Å². The molecule has 0 fully saturated rings. The van der Waals surface area contributed by atoms with E-state index < -0.39 is 0 Å². The first-order chi connectivity index (χ1) is 31.8. The number of para-hydroxylation sites is 3. The Bertz CT molecular complexity index is 3600. The fourth-order valence-corrected chi connectivity index (χ4v) is 9.90. The van der Waals surface area contributed by atoms with Crippen LogP contribution in [0, 0.1) is 0 Å². The van der Waals surface area contributed by atoms with Gasteiger partial charge < -0.3 is 9.47 Å². The molecule has 2 nitrogen and oxygen atoms in total. The van der Waals surface area contributed by atoms with Crippen LogP contribution in [0.3, 0.4) is 0 Å². The summed E-state index contributed by atoms with van der Waals surface area (Å²) >= 11 is 0. The molecular weight excluding hydrogens is 773 g/mol. The van der Waals surface area contributed by atoms with E-state index in [0.29, 0.717) is 0 Å². The van der Waals surface area contributed by atoms with Gasteiger partial charge in [0.05, 0.1) is 16.7 Å². The number of aromatic nitrogens is 1. The van der Waals surface area contributed by atoms with Crippen molar-refractivity contribution in [3.63, 3.8) is 0 Å². The van der Waals surface area contributed by atoms with Gasteiger partial charge in [-0.1, -0.05) is 194 Å². The van der Waals surface area contributed by atoms with Crippen molar-refractivity contribution in [2.24, 2.45) is 0 Å². The molecule has 300 valence electrons. The van der Waals surface area contributed by atoms with Crippen LogP contribution in [0.5, 0.6) is 0 Å². The summed E-state index contributed by atoms with van der Waals surface area (Å²) in [7, 11) is 0. The molecule has 0 aliphatic heterocycles. The van der Waals surface area contributed by atoms with Crippen LogP contribution in [-0.4, -0.2) is 4.57 Å². The number of hydrogen-bond donors (Lipinski definition) is 0. The number of hydrogen-bond acceptors (Lipinski definition) is 1. The standard InChI is InChI=1S/C62H42N2/c1-2-18-43(19-3-1)49-21-6-7-23-51(49)53-25-9-10-26-54(53)56-28-12-15-31-60(56)63(47-38-40-48(41-39-47)64-61-32-16-13-29-57(61)58-30-14-17-33-62(58)64)46-36-34-44(35-37-46)59-42-45-20-4-5-22-50(45)52-24-8-11-27-55(52)59/h1-42H. The summed E-state index contributed by atoms with van der Waals surface area (Å²) in [5, 5.41) is 7.55. The number of fused-ring (bicyclic) bond motifs is 6. The lowest BCUT2D eigenvalue weighted by molar-refractivity contribution is 1.17. The molecule has 0 unspecified atom stereocenters. The molecule has 0 atom stereocenters. The molecule has 2 heteroatoms. The van der Waals surface area contributed by atoms with E-state index >= 15 is 0 Å². The average molecular weight is 815 g/mol. The van der Waals surface area contributed by atoms with Crippen LogP contribution in [0.4, 0.5) is 17.1 Å². The zero-order valence-electron chi connectivity index (χ0n) is 35.1. The molecule has 0 saturated heterocycles. The first kappa shape index (κ1) is 37.3. The van der Waals surface area contributed by atoms with E-state index in [-0.39, 0.29) is 0 Å². The van der Waals surface area contributed by atoms with Crippen molar-refractivity contribution in [3.8, 4) is 50.2 Å². The molecule has 12 aromatic rings. The molecule has 0 saturated carbocycles. The first-order valence-corrected chi connectivity index (χ1v) is 22.0. The van der Waals surface area contributed by atoms with E-state index in [9.17, 15) is 0 Å². The Hall–Kier alpha value is -8.46. The predicted molar refractivity (Wildman–Crippen MR) is 272 cm³/mol. The van der Waals surface area contributed by atoms with Crippen LogP contribution >= 0.6 is 0 Å². The largest absolute Gasteiger partial charge is 0.310 e. The first-order valence-electron chi connectivity index (χ1n) is 22.0. The van der Waals surface area contributed by atoms with Gasteiger partial charge >= 0.3 is 0 Å². The molecule has 12 rings (SSSR count). The summed E-state index contributed by atoms with van der Waals surface area (Å²) in [5.41, 5.74) is 16.3. The lowest BCUT2D eigenvalue weighted by Crippen LogP contribution is -2.11. The Kier molecular flexibility index (Phi) is 9.20. The monoisotopic (exact) mass is 814 g/mol. The van der Waals surface area contributed by atoms with Crippen molar-refractivity contribution in [1.29, 1.82) is 0 Å². The molecule has 64 heavy (non-hydrogen) atoms. The highest BCUT2D eigenvalue weighted by Crippen LogP contribution is 2.46. The molecule has 0 radical (unpaired) electrons. The lowest BCUT2D eigenvalue weighted by Gasteiger charge is -2.29. The third-order valence-corrected chi connectivity index (χ3v) is 12.8. The van der Waals surface area contributed by atoms with Gasteiger partial charge in [0.15, 0.2) is 0 Å². The molecule has 0 N–H and O–H groups in total. The summed E-state index contributed by atoms with van der Waals surface area (Å²) in [6, 6.07) is 92.7. The van der Waals surface area contributed by atoms with Crippen LogP contribution in [0.2, 0.25) is 0 Å². The summed E-state index contributed by atoms with van der Waals surface area (Å²) in [6.07, 6.45) is 0. The zero-order chi connectivity index (χ0) is 42.4. The highest BCUT2D eigenvalue weighted by Gasteiger charge is 2.21. The maximum Gasteiger partial charge on any atom is 0.0541 e. The second-order valence-corrected chi connectivity index (χ2v) is 16.4. The molecule has 0 amide bonds. The molecule has 0 bridgehead atoms. The molecule has 1 heterocycles. The third kappa shape index (κ3) is 6.35. The predicted octanol–water partition coefficient (Wildman–Crippen LogP) is 17.2. The smallest absolute Gasteiger partial charge is 0.0541 e. The quantitative estimate of drug-likeness (QED) is 0.139. The van der Waals surface area contributed by atoms with Gasteiger partial charge in [-0.05, 0) is 121 Å². The van der Waals surface area contributed by atoms with Crippen LogP contribution < -0.4 is 4.90 Å². The van der Waals surface area contributed by atoms with Crippen LogP contribution in [-0.2, 0) is 0 Å². The second kappa shape index (κ2) is 15.8. The zero-order valence-corrected chi connectivity index (χ0v) is 35.1. The van der Waals surface area contributed by atoms with E-state index in [2.05, 4.69) is 264 Å². The highest BCUT2D eigenvalue weighted by atomic mass is 15.1. The Morgan fingerprint density at radius 3 is 1.36 bits per heavy atom. The molecule has 0 spiro atoms. The maximum absolute atomic E-state index is 2.42. The minimum absolute atomic E-state index is 1.07. The molecular formula is C62H42N2. The van der Waals surface area contributed by atoms with Gasteiger partial charge in [-0.2, -0.15) is 0 Å². The molecule has 0 aliphatic rings. The molecule has 11 aromatic carbocycles. The van der Waals surface area contributed by atoms with E-state index in [1.807, 2.05) is 0 Å². The molecule has 1 aromatic heterocycles. The van der Waals surface area contributed by atoms with E-state index in [1.54, 1.807) is 0 Å². The van der Waals surface area contributed by atoms with E-state index in [4.69, 9.17) is 0 Å². The van der Waals surface area contributed by atoms with Crippen LogP contribution in [0.15, 0.2) is 255 Å². The van der Waals surface area contributed by atoms with Crippen molar-refractivity contribution in [2.75, 3.05) is 4.90 Å². The number of anilines is 3. The number of nitrogens with zero attached hydrogens (tertiary/aromatic N) is 2. The van der Waals surface area contributed by atoms with Crippen LogP contribution in [0.1, 0.15) is 0 Å².